The molecular formula is C14H17N. The van der Waals surface area contributed by atoms with Crippen molar-refractivity contribution in [3.05, 3.63) is 41.7 Å². The molecule has 2 aromatic rings. The SMILES string of the molecule is Cc1cc(C(C)(C)C)cc2ccncc12. The Bertz CT molecular complexity index is 492. The van der Waals surface area contributed by atoms with Gasteiger partial charge < -0.3 is 0 Å². The third-order valence-electron chi connectivity index (χ3n) is 2.83. The van der Waals surface area contributed by atoms with Crippen molar-refractivity contribution in [3.8, 4) is 0 Å². The van der Waals surface area contributed by atoms with E-state index in [9.17, 15) is 0 Å². The highest BCUT2D eigenvalue weighted by Crippen LogP contribution is 2.27. The molecule has 0 N–H and O–H groups in total. The minimum Gasteiger partial charge on any atom is -0.264 e. The van der Waals surface area contributed by atoms with Crippen molar-refractivity contribution in [3.63, 3.8) is 0 Å². The summed E-state index contributed by atoms with van der Waals surface area (Å²) in [5.74, 6) is 0. The quantitative estimate of drug-likeness (QED) is 0.628. The first kappa shape index (κ1) is 10.2. The Labute approximate surface area is 91.2 Å². The zero-order valence-electron chi connectivity index (χ0n) is 9.83. The highest BCUT2D eigenvalue weighted by atomic mass is 14.6. The molecule has 2 rings (SSSR count). The van der Waals surface area contributed by atoms with Crippen LogP contribution in [0.15, 0.2) is 30.6 Å². The highest BCUT2D eigenvalue weighted by molar-refractivity contribution is 5.85. The van der Waals surface area contributed by atoms with Gasteiger partial charge in [0.25, 0.3) is 0 Å². The van der Waals surface area contributed by atoms with Crippen LogP contribution in [0.25, 0.3) is 10.8 Å². The average molecular weight is 199 g/mol. The second-order valence-electron chi connectivity index (χ2n) is 5.14. The molecule has 0 fully saturated rings. The lowest BCUT2D eigenvalue weighted by molar-refractivity contribution is 0.590. The maximum Gasteiger partial charge on any atom is 0.0349 e. The van der Waals surface area contributed by atoms with Crippen molar-refractivity contribution in [2.75, 3.05) is 0 Å². The lowest BCUT2D eigenvalue weighted by atomic mass is 9.85. The molecule has 1 heterocycles. The van der Waals surface area contributed by atoms with Crippen LogP contribution in [0.2, 0.25) is 0 Å². The number of aromatic nitrogens is 1. The van der Waals surface area contributed by atoms with Crippen molar-refractivity contribution < 1.29 is 0 Å². The van der Waals surface area contributed by atoms with Crippen LogP contribution in [-0.4, -0.2) is 4.98 Å². The van der Waals surface area contributed by atoms with Gasteiger partial charge in [0.1, 0.15) is 0 Å². The fraction of sp³-hybridized carbons (Fsp3) is 0.357. The summed E-state index contributed by atoms with van der Waals surface area (Å²) in [7, 11) is 0. The van der Waals surface area contributed by atoms with Gasteiger partial charge in [-0.3, -0.25) is 4.98 Å². The summed E-state index contributed by atoms with van der Waals surface area (Å²) in [5.41, 5.74) is 2.91. The Morgan fingerprint density at radius 3 is 2.53 bits per heavy atom. The highest BCUT2D eigenvalue weighted by Gasteiger charge is 2.14. The van der Waals surface area contributed by atoms with Gasteiger partial charge in [-0.2, -0.15) is 0 Å². The van der Waals surface area contributed by atoms with E-state index in [1.165, 1.54) is 21.9 Å². The maximum absolute atomic E-state index is 4.17. The van der Waals surface area contributed by atoms with Gasteiger partial charge in [0.2, 0.25) is 0 Å². The van der Waals surface area contributed by atoms with Gasteiger partial charge in [-0.05, 0) is 34.9 Å². The first-order chi connectivity index (χ1) is 6.98. The molecule has 0 aliphatic heterocycles. The van der Waals surface area contributed by atoms with Crippen molar-refractivity contribution in [2.45, 2.75) is 33.1 Å². The number of hydrogen-bond acceptors (Lipinski definition) is 1. The molecule has 0 amide bonds. The van der Waals surface area contributed by atoms with E-state index in [0.717, 1.165) is 0 Å². The monoisotopic (exact) mass is 199 g/mol. The lowest BCUT2D eigenvalue weighted by Gasteiger charge is -2.20. The Hall–Kier alpha value is -1.37. The zero-order valence-corrected chi connectivity index (χ0v) is 9.83. The average Bonchev–Trinajstić information content (AvgIpc) is 2.16. The van der Waals surface area contributed by atoms with E-state index in [-0.39, 0.29) is 5.41 Å². The van der Waals surface area contributed by atoms with Gasteiger partial charge >= 0.3 is 0 Å². The molecule has 0 saturated heterocycles. The zero-order chi connectivity index (χ0) is 11.1. The van der Waals surface area contributed by atoms with Gasteiger partial charge in [0, 0.05) is 17.8 Å². The number of benzene rings is 1. The molecule has 15 heavy (non-hydrogen) atoms. The first-order valence-electron chi connectivity index (χ1n) is 5.33. The van der Waals surface area contributed by atoms with Crippen molar-refractivity contribution in [2.24, 2.45) is 0 Å². The number of pyridine rings is 1. The summed E-state index contributed by atoms with van der Waals surface area (Å²) in [6.07, 6.45) is 3.80. The fourth-order valence-electron chi connectivity index (χ4n) is 1.81. The Morgan fingerprint density at radius 2 is 1.87 bits per heavy atom. The predicted octanol–water partition coefficient (Wildman–Crippen LogP) is 3.84. The smallest absolute Gasteiger partial charge is 0.0349 e. The van der Waals surface area contributed by atoms with E-state index < -0.39 is 0 Å². The standard InChI is InChI=1S/C14H17N/c1-10-7-12(14(2,3)4)8-11-5-6-15-9-13(10)11/h5-9H,1-4H3. The minimum absolute atomic E-state index is 0.211. The van der Waals surface area contributed by atoms with E-state index in [1.54, 1.807) is 0 Å². The Balaban J connectivity index is 2.73. The number of aryl methyl sites for hydroxylation is 1. The topological polar surface area (TPSA) is 12.9 Å². The summed E-state index contributed by atoms with van der Waals surface area (Å²) in [5, 5.41) is 2.54. The van der Waals surface area contributed by atoms with Crippen LogP contribution >= 0.6 is 0 Å². The largest absolute Gasteiger partial charge is 0.264 e. The maximum atomic E-state index is 4.17. The number of nitrogens with zero attached hydrogens (tertiary/aromatic N) is 1. The number of hydrogen-bond donors (Lipinski definition) is 0. The van der Waals surface area contributed by atoms with Gasteiger partial charge in [-0.15, -0.1) is 0 Å². The molecule has 1 nitrogen and oxygen atoms in total. The van der Waals surface area contributed by atoms with E-state index in [0.29, 0.717) is 0 Å². The molecule has 1 aromatic carbocycles. The summed E-state index contributed by atoms with van der Waals surface area (Å²) < 4.78 is 0. The molecule has 78 valence electrons. The van der Waals surface area contributed by atoms with Crippen LogP contribution in [0.3, 0.4) is 0 Å². The Kier molecular flexibility index (Phi) is 2.26. The molecule has 0 aliphatic rings. The summed E-state index contributed by atoms with van der Waals surface area (Å²) in [4.78, 5) is 4.17. The summed E-state index contributed by atoms with van der Waals surface area (Å²) in [6, 6.07) is 6.62. The molecule has 1 aromatic heterocycles. The van der Waals surface area contributed by atoms with Crippen LogP contribution in [-0.2, 0) is 5.41 Å². The second kappa shape index (κ2) is 3.34. The van der Waals surface area contributed by atoms with E-state index in [4.69, 9.17) is 0 Å². The van der Waals surface area contributed by atoms with Crippen molar-refractivity contribution >= 4 is 10.8 Å². The van der Waals surface area contributed by atoms with Crippen LogP contribution in [0, 0.1) is 6.92 Å². The normalized spacial score (nSPS) is 12.0. The first-order valence-corrected chi connectivity index (χ1v) is 5.33. The fourth-order valence-corrected chi connectivity index (χ4v) is 1.81. The number of rotatable bonds is 0. The molecule has 0 unspecified atom stereocenters. The van der Waals surface area contributed by atoms with E-state index >= 15 is 0 Å². The minimum atomic E-state index is 0.211. The van der Waals surface area contributed by atoms with Crippen molar-refractivity contribution in [1.29, 1.82) is 0 Å². The van der Waals surface area contributed by atoms with Gasteiger partial charge in [0.05, 0.1) is 0 Å². The molecule has 0 atom stereocenters. The molecular weight excluding hydrogens is 182 g/mol. The summed E-state index contributed by atoms with van der Waals surface area (Å²) >= 11 is 0. The second-order valence-corrected chi connectivity index (χ2v) is 5.14. The third-order valence-corrected chi connectivity index (χ3v) is 2.83. The third kappa shape index (κ3) is 1.87. The van der Waals surface area contributed by atoms with Gasteiger partial charge in [0.15, 0.2) is 0 Å². The summed E-state index contributed by atoms with van der Waals surface area (Å²) in [6.45, 7) is 8.89. The number of fused-ring (bicyclic) bond motifs is 1. The van der Waals surface area contributed by atoms with Crippen LogP contribution < -0.4 is 0 Å². The van der Waals surface area contributed by atoms with Gasteiger partial charge in [-0.1, -0.05) is 32.9 Å². The lowest BCUT2D eigenvalue weighted by Crippen LogP contribution is -2.11. The van der Waals surface area contributed by atoms with Gasteiger partial charge in [-0.25, -0.2) is 0 Å². The van der Waals surface area contributed by atoms with Crippen molar-refractivity contribution in [1.82, 2.24) is 4.98 Å². The van der Waals surface area contributed by atoms with E-state index in [2.05, 4.69) is 50.9 Å². The molecule has 0 saturated carbocycles. The van der Waals surface area contributed by atoms with Crippen LogP contribution in [0.5, 0.6) is 0 Å². The van der Waals surface area contributed by atoms with Crippen LogP contribution in [0.4, 0.5) is 0 Å². The molecule has 0 aliphatic carbocycles. The molecule has 1 heteroatoms. The molecule has 0 bridgehead atoms. The molecule has 0 spiro atoms. The Morgan fingerprint density at radius 1 is 1.13 bits per heavy atom. The van der Waals surface area contributed by atoms with Crippen LogP contribution in [0.1, 0.15) is 31.9 Å². The molecule has 0 radical (unpaired) electrons. The predicted molar refractivity (Wildman–Crippen MR) is 65.2 cm³/mol. The van der Waals surface area contributed by atoms with E-state index in [1.807, 2.05) is 12.4 Å².